The molecular weight excluding hydrogens is 257 g/mol. The van der Waals surface area contributed by atoms with Crippen LogP contribution >= 0.6 is 0 Å². The second-order valence-corrected chi connectivity index (χ2v) is 4.30. The molecule has 2 aromatic rings. The van der Waals surface area contributed by atoms with Crippen LogP contribution in [0.1, 0.15) is 5.56 Å². The third-order valence-corrected chi connectivity index (χ3v) is 2.71. The summed E-state index contributed by atoms with van der Waals surface area (Å²) in [5.74, 6) is 0. The monoisotopic (exact) mass is 272 g/mol. The first-order chi connectivity index (χ1) is 8.99. The molecule has 1 aromatic carbocycles. The van der Waals surface area contributed by atoms with Crippen LogP contribution in [0.2, 0.25) is 0 Å². The van der Waals surface area contributed by atoms with Crippen molar-refractivity contribution in [3.8, 4) is 0 Å². The summed E-state index contributed by atoms with van der Waals surface area (Å²) in [6.07, 6.45) is -2.56. The van der Waals surface area contributed by atoms with Gasteiger partial charge in [-0.25, -0.2) is 0 Å². The van der Waals surface area contributed by atoms with Gasteiger partial charge in [-0.15, -0.1) is 0 Å². The van der Waals surface area contributed by atoms with E-state index in [0.717, 1.165) is 23.0 Å². The maximum absolute atomic E-state index is 12.0. The predicted octanol–water partition coefficient (Wildman–Crippen LogP) is 2.90. The van der Waals surface area contributed by atoms with Crippen LogP contribution in [-0.4, -0.2) is 24.4 Å². The minimum atomic E-state index is -4.29. The Morgan fingerprint density at radius 2 is 2.05 bits per heavy atom. The molecule has 3 nitrogen and oxygen atoms in total. The van der Waals surface area contributed by atoms with Gasteiger partial charge in [0.1, 0.15) is 13.3 Å². The molecule has 0 saturated carbocycles. The molecule has 0 spiro atoms. The Labute approximate surface area is 109 Å². The van der Waals surface area contributed by atoms with E-state index in [0.29, 0.717) is 0 Å². The van der Waals surface area contributed by atoms with Crippen LogP contribution in [0.4, 0.5) is 13.2 Å². The minimum absolute atomic E-state index is 0.103. The summed E-state index contributed by atoms with van der Waals surface area (Å²) >= 11 is 0. The fourth-order valence-corrected chi connectivity index (χ4v) is 1.94. The number of ether oxygens (including phenoxy) is 1. The van der Waals surface area contributed by atoms with Gasteiger partial charge in [0.25, 0.3) is 0 Å². The molecule has 0 aliphatic rings. The summed E-state index contributed by atoms with van der Waals surface area (Å²) in [5.41, 5.74) is 1.99. The third-order valence-electron chi connectivity index (χ3n) is 2.71. The van der Waals surface area contributed by atoms with Gasteiger partial charge in [-0.1, -0.05) is 6.07 Å². The lowest BCUT2D eigenvalue weighted by Crippen LogP contribution is -2.18. The molecule has 104 valence electrons. The quantitative estimate of drug-likeness (QED) is 0.905. The molecule has 2 rings (SSSR count). The topological polar surface area (TPSA) is 26.2 Å². The zero-order valence-electron chi connectivity index (χ0n) is 10.5. The normalized spacial score (nSPS) is 12.2. The summed E-state index contributed by atoms with van der Waals surface area (Å²) in [4.78, 5) is 0. The molecule has 0 radical (unpaired) electrons. The fraction of sp³-hybridized carbons (Fsp3) is 0.385. The minimum Gasteiger partial charge on any atom is -0.351 e. The lowest BCUT2D eigenvalue weighted by molar-refractivity contribution is -0.181. The second-order valence-electron chi connectivity index (χ2n) is 4.30. The second kappa shape index (κ2) is 5.63. The van der Waals surface area contributed by atoms with E-state index in [4.69, 9.17) is 0 Å². The molecule has 0 aliphatic heterocycles. The van der Waals surface area contributed by atoms with Crippen molar-refractivity contribution in [3.05, 3.63) is 36.0 Å². The lowest BCUT2D eigenvalue weighted by Gasteiger charge is -2.09. The van der Waals surface area contributed by atoms with E-state index in [9.17, 15) is 13.2 Å². The van der Waals surface area contributed by atoms with E-state index >= 15 is 0 Å². The zero-order chi connectivity index (χ0) is 13.9. The Bertz CT molecular complexity index is 548. The first-order valence-electron chi connectivity index (χ1n) is 5.86. The maximum Gasteiger partial charge on any atom is 0.411 e. The van der Waals surface area contributed by atoms with Crippen LogP contribution in [0.3, 0.4) is 0 Å². The van der Waals surface area contributed by atoms with Crippen molar-refractivity contribution in [3.63, 3.8) is 0 Å². The maximum atomic E-state index is 12.0. The van der Waals surface area contributed by atoms with Gasteiger partial charge in [0, 0.05) is 18.3 Å². The van der Waals surface area contributed by atoms with Crippen molar-refractivity contribution >= 4 is 10.9 Å². The first-order valence-corrected chi connectivity index (χ1v) is 5.86. The highest BCUT2D eigenvalue weighted by Gasteiger charge is 2.27. The molecule has 0 atom stereocenters. The van der Waals surface area contributed by atoms with E-state index in [1.54, 1.807) is 10.8 Å². The number of alkyl halides is 3. The van der Waals surface area contributed by atoms with Crippen molar-refractivity contribution in [1.29, 1.82) is 0 Å². The average Bonchev–Trinajstić information content (AvgIpc) is 2.71. The largest absolute Gasteiger partial charge is 0.411 e. The highest BCUT2D eigenvalue weighted by molar-refractivity contribution is 5.80. The Kier molecular flexibility index (Phi) is 4.11. The van der Waals surface area contributed by atoms with Crippen LogP contribution in [0.25, 0.3) is 10.9 Å². The van der Waals surface area contributed by atoms with Crippen LogP contribution < -0.4 is 5.32 Å². The summed E-state index contributed by atoms with van der Waals surface area (Å²) in [6, 6.07) is 7.70. The third kappa shape index (κ3) is 3.71. The molecule has 1 heterocycles. The molecule has 6 heteroatoms. The number of aromatic nitrogens is 1. The van der Waals surface area contributed by atoms with Gasteiger partial charge < -0.3 is 14.6 Å². The van der Waals surface area contributed by atoms with Crippen molar-refractivity contribution < 1.29 is 17.9 Å². The standard InChI is InChI=1S/C13H15F3N2O/c1-17-7-10-2-3-12-11(6-10)4-5-18(12)9-19-8-13(14,15)16/h2-6,17H,7-9H2,1H3. The summed E-state index contributed by atoms with van der Waals surface area (Å²) in [7, 11) is 1.86. The van der Waals surface area contributed by atoms with Crippen molar-refractivity contribution in [2.24, 2.45) is 0 Å². The Morgan fingerprint density at radius 3 is 2.74 bits per heavy atom. The highest BCUT2D eigenvalue weighted by Crippen LogP contribution is 2.19. The Morgan fingerprint density at radius 1 is 1.26 bits per heavy atom. The molecule has 0 bridgehead atoms. The molecular formula is C13H15F3N2O. The van der Waals surface area contributed by atoms with Gasteiger partial charge in [0.15, 0.2) is 0 Å². The Hall–Kier alpha value is -1.53. The summed E-state index contributed by atoms with van der Waals surface area (Å²) in [5, 5.41) is 4.04. The summed E-state index contributed by atoms with van der Waals surface area (Å²) in [6.45, 7) is -0.579. The summed E-state index contributed by atoms with van der Waals surface area (Å²) < 4.78 is 42.3. The molecule has 0 unspecified atom stereocenters. The van der Waals surface area contributed by atoms with Gasteiger partial charge in [0.2, 0.25) is 0 Å². The lowest BCUT2D eigenvalue weighted by atomic mass is 10.1. The van der Waals surface area contributed by atoms with E-state index < -0.39 is 12.8 Å². The molecule has 19 heavy (non-hydrogen) atoms. The fourth-order valence-electron chi connectivity index (χ4n) is 1.94. The van der Waals surface area contributed by atoms with Gasteiger partial charge in [-0.2, -0.15) is 13.2 Å². The van der Waals surface area contributed by atoms with Gasteiger partial charge in [-0.05, 0) is 36.2 Å². The average molecular weight is 272 g/mol. The van der Waals surface area contributed by atoms with Crippen LogP contribution in [0.5, 0.6) is 0 Å². The zero-order valence-corrected chi connectivity index (χ0v) is 10.5. The van der Waals surface area contributed by atoms with Gasteiger partial charge in [0.05, 0.1) is 0 Å². The molecule has 1 N–H and O–H groups in total. The van der Waals surface area contributed by atoms with Crippen LogP contribution in [0, 0.1) is 0 Å². The first kappa shape index (κ1) is 13.9. The van der Waals surface area contributed by atoms with Crippen molar-refractivity contribution in [1.82, 2.24) is 9.88 Å². The molecule has 0 saturated heterocycles. The SMILES string of the molecule is CNCc1ccc2c(ccn2COCC(F)(F)F)c1. The van der Waals surface area contributed by atoms with E-state index in [-0.39, 0.29) is 6.73 Å². The van der Waals surface area contributed by atoms with E-state index in [1.807, 2.05) is 31.3 Å². The number of fused-ring (bicyclic) bond motifs is 1. The van der Waals surface area contributed by atoms with E-state index in [1.165, 1.54) is 0 Å². The predicted molar refractivity (Wildman–Crippen MR) is 66.7 cm³/mol. The smallest absolute Gasteiger partial charge is 0.351 e. The number of hydrogen-bond acceptors (Lipinski definition) is 2. The van der Waals surface area contributed by atoms with Gasteiger partial charge >= 0.3 is 6.18 Å². The van der Waals surface area contributed by atoms with Gasteiger partial charge in [-0.3, -0.25) is 0 Å². The molecule has 1 aromatic heterocycles. The van der Waals surface area contributed by atoms with Crippen molar-refractivity contribution in [2.75, 3.05) is 13.7 Å². The number of rotatable bonds is 5. The Balaban J connectivity index is 2.08. The number of nitrogens with zero attached hydrogens (tertiary/aromatic N) is 1. The molecule has 0 amide bonds. The van der Waals surface area contributed by atoms with Crippen LogP contribution in [-0.2, 0) is 18.0 Å². The molecule has 0 fully saturated rings. The number of benzene rings is 1. The number of nitrogens with one attached hydrogen (secondary N) is 1. The number of halogens is 3. The number of hydrogen-bond donors (Lipinski definition) is 1. The van der Waals surface area contributed by atoms with Crippen LogP contribution in [0.15, 0.2) is 30.5 Å². The highest BCUT2D eigenvalue weighted by atomic mass is 19.4. The molecule has 0 aliphatic carbocycles. The van der Waals surface area contributed by atoms with Crippen molar-refractivity contribution in [2.45, 2.75) is 19.5 Å². The van der Waals surface area contributed by atoms with E-state index in [2.05, 4.69) is 10.1 Å².